The molecule has 8 nitrogen and oxygen atoms in total. The van der Waals surface area contributed by atoms with Crippen LogP contribution in [0.5, 0.6) is 0 Å². The molecule has 4 N–H and O–H groups in total. The summed E-state index contributed by atoms with van der Waals surface area (Å²) < 4.78 is 0. The number of nitrogens with two attached hydrogens (primary N) is 1. The van der Waals surface area contributed by atoms with E-state index < -0.39 is 4.92 Å². The smallest absolute Gasteiger partial charge is 0.287 e. The van der Waals surface area contributed by atoms with Crippen LogP contribution in [0.4, 0.5) is 11.5 Å². The summed E-state index contributed by atoms with van der Waals surface area (Å²) in [6, 6.07) is 3.58. The van der Waals surface area contributed by atoms with E-state index in [0.29, 0.717) is 30.8 Å². The molecule has 0 bridgehead atoms. The Hall–Kier alpha value is -2.22. The summed E-state index contributed by atoms with van der Waals surface area (Å²) in [6.45, 7) is 2.25. The van der Waals surface area contributed by atoms with Gasteiger partial charge < -0.3 is 16.4 Å². The second-order valence-corrected chi connectivity index (χ2v) is 5.29. The third-order valence-corrected chi connectivity index (χ3v) is 3.60. The van der Waals surface area contributed by atoms with Crippen LogP contribution in [0.2, 0.25) is 0 Å². The number of hydrogen-bond donors (Lipinski definition) is 3. The molecule has 0 aromatic carbocycles. The van der Waals surface area contributed by atoms with Crippen LogP contribution < -0.4 is 16.4 Å². The molecule has 1 fully saturated rings. The van der Waals surface area contributed by atoms with Gasteiger partial charge >= 0.3 is 0 Å². The Kier molecular flexibility index (Phi) is 6.08. The second kappa shape index (κ2) is 8.28. The van der Waals surface area contributed by atoms with E-state index in [2.05, 4.69) is 20.6 Å². The molecule has 1 atom stereocenters. The third-order valence-electron chi connectivity index (χ3n) is 3.60. The number of rotatable bonds is 8. The fourth-order valence-corrected chi connectivity index (χ4v) is 2.39. The molecular weight excluding hydrogens is 284 g/mol. The Morgan fingerprint density at radius 1 is 1.59 bits per heavy atom. The highest BCUT2D eigenvalue weighted by atomic mass is 16.6. The van der Waals surface area contributed by atoms with E-state index in [9.17, 15) is 10.1 Å². The van der Waals surface area contributed by atoms with Gasteiger partial charge in [0.1, 0.15) is 12.0 Å². The van der Waals surface area contributed by atoms with Crippen LogP contribution in [0, 0.1) is 10.1 Å². The number of nitro groups is 1. The van der Waals surface area contributed by atoms with Crippen molar-refractivity contribution in [3.05, 3.63) is 28.4 Å². The molecular formula is C14H22N6O2. The van der Waals surface area contributed by atoms with Gasteiger partial charge in [0.25, 0.3) is 5.69 Å². The Morgan fingerprint density at radius 3 is 3.09 bits per heavy atom. The van der Waals surface area contributed by atoms with Crippen LogP contribution >= 0.6 is 0 Å². The first-order valence-electron chi connectivity index (χ1n) is 7.51. The highest BCUT2D eigenvalue weighted by molar-refractivity contribution is 5.80. The number of aliphatic imine (C=N–C) groups is 1. The van der Waals surface area contributed by atoms with Crippen LogP contribution in [0.3, 0.4) is 0 Å². The number of anilines is 1. The van der Waals surface area contributed by atoms with Crippen LogP contribution in [-0.2, 0) is 0 Å². The van der Waals surface area contributed by atoms with Crippen molar-refractivity contribution in [1.82, 2.24) is 10.3 Å². The van der Waals surface area contributed by atoms with Gasteiger partial charge in [0.15, 0.2) is 0 Å². The molecule has 1 saturated heterocycles. The van der Waals surface area contributed by atoms with Crippen molar-refractivity contribution >= 4 is 17.3 Å². The molecule has 2 heterocycles. The van der Waals surface area contributed by atoms with E-state index in [1.807, 2.05) is 0 Å². The van der Waals surface area contributed by atoms with E-state index in [-0.39, 0.29) is 5.69 Å². The number of nitrogens with zero attached hydrogens (tertiary/aromatic N) is 3. The topological polar surface area (TPSA) is 118 Å². The van der Waals surface area contributed by atoms with Gasteiger partial charge in [0.05, 0.1) is 17.3 Å². The second-order valence-electron chi connectivity index (χ2n) is 5.29. The van der Waals surface area contributed by atoms with Crippen molar-refractivity contribution in [2.45, 2.75) is 31.7 Å². The van der Waals surface area contributed by atoms with E-state index in [4.69, 9.17) is 5.73 Å². The van der Waals surface area contributed by atoms with Crippen LogP contribution in [-0.4, -0.2) is 41.4 Å². The fraction of sp³-hybridized carbons (Fsp3) is 0.571. The maximum Gasteiger partial charge on any atom is 0.287 e. The summed E-state index contributed by atoms with van der Waals surface area (Å²) in [5, 5.41) is 17.0. The molecule has 22 heavy (non-hydrogen) atoms. The van der Waals surface area contributed by atoms with Crippen molar-refractivity contribution in [2.24, 2.45) is 10.7 Å². The summed E-state index contributed by atoms with van der Waals surface area (Å²) in [6.07, 6.45) is 5.54. The Balaban J connectivity index is 1.64. The van der Waals surface area contributed by atoms with Gasteiger partial charge in [-0.3, -0.25) is 15.1 Å². The van der Waals surface area contributed by atoms with Gasteiger partial charge in [-0.25, -0.2) is 4.98 Å². The highest BCUT2D eigenvalue weighted by Crippen LogP contribution is 2.12. The van der Waals surface area contributed by atoms with E-state index in [1.54, 1.807) is 6.07 Å². The molecule has 1 aromatic heterocycles. The van der Waals surface area contributed by atoms with Crippen molar-refractivity contribution in [1.29, 1.82) is 0 Å². The van der Waals surface area contributed by atoms with Gasteiger partial charge in [0, 0.05) is 25.1 Å². The van der Waals surface area contributed by atoms with Crippen molar-refractivity contribution < 1.29 is 4.92 Å². The number of aromatic nitrogens is 1. The van der Waals surface area contributed by atoms with Gasteiger partial charge in [-0.05, 0) is 31.9 Å². The molecule has 0 radical (unpaired) electrons. The molecule has 1 unspecified atom stereocenters. The van der Waals surface area contributed by atoms with Gasteiger partial charge in [-0.1, -0.05) is 0 Å². The number of pyridine rings is 1. The largest absolute Gasteiger partial charge is 0.387 e. The molecule has 0 spiro atoms. The monoisotopic (exact) mass is 306 g/mol. The van der Waals surface area contributed by atoms with E-state index in [1.165, 1.54) is 25.1 Å². The third kappa shape index (κ3) is 5.28. The maximum atomic E-state index is 10.5. The standard InChI is InChI=1S/C14H22N6O2/c15-13(5-3-11-2-1-7-16-11)17-8-9-18-14-6-4-12(10-19-14)20(21)22/h4,6,10-11,16H,1-3,5,7-9H2,(H2,15,17)(H,18,19). The zero-order chi connectivity index (χ0) is 15.8. The summed E-state index contributed by atoms with van der Waals surface area (Å²) in [5.41, 5.74) is 5.87. The summed E-state index contributed by atoms with van der Waals surface area (Å²) in [7, 11) is 0. The lowest BCUT2D eigenvalue weighted by atomic mass is 10.1. The van der Waals surface area contributed by atoms with Crippen molar-refractivity contribution in [3.8, 4) is 0 Å². The van der Waals surface area contributed by atoms with Crippen molar-refractivity contribution in [3.63, 3.8) is 0 Å². The first-order valence-corrected chi connectivity index (χ1v) is 7.51. The minimum absolute atomic E-state index is 0.0201. The fourth-order valence-electron chi connectivity index (χ4n) is 2.39. The van der Waals surface area contributed by atoms with Gasteiger partial charge in [-0.15, -0.1) is 0 Å². The van der Waals surface area contributed by atoms with Gasteiger partial charge in [-0.2, -0.15) is 0 Å². The first-order chi connectivity index (χ1) is 10.6. The molecule has 1 aliphatic rings. The number of hydrogen-bond acceptors (Lipinski definition) is 6. The molecule has 1 aromatic rings. The lowest BCUT2D eigenvalue weighted by molar-refractivity contribution is -0.385. The molecule has 0 aliphatic carbocycles. The average Bonchev–Trinajstić information content (AvgIpc) is 3.03. The molecule has 0 amide bonds. The zero-order valence-electron chi connectivity index (χ0n) is 12.5. The lowest BCUT2D eigenvalue weighted by Crippen LogP contribution is -2.24. The molecule has 8 heteroatoms. The van der Waals surface area contributed by atoms with Crippen LogP contribution in [0.25, 0.3) is 0 Å². The average molecular weight is 306 g/mol. The van der Waals surface area contributed by atoms with Crippen LogP contribution in [0.1, 0.15) is 25.7 Å². The Morgan fingerprint density at radius 2 is 2.45 bits per heavy atom. The SMILES string of the molecule is NC(CCC1CCCN1)=NCCNc1ccc([N+](=O)[O-])cn1. The highest BCUT2D eigenvalue weighted by Gasteiger charge is 2.13. The summed E-state index contributed by atoms with van der Waals surface area (Å²) in [4.78, 5) is 18.3. The summed E-state index contributed by atoms with van der Waals surface area (Å²) >= 11 is 0. The van der Waals surface area contributed by atoms with Crippen molar-refractivity contribution in [2.75, 3.05) is 25.0 Å². The number of nitrogens with one attached hydrogen (secondary N) is 2. The maximum absolute atomic E-state index is 10.5. The lowest BCUT2D eigenvalue weighted by Gasteiger charge is -2.09. The zero-order valence-corrected chi connectivity index (χ0v) is 12.5. The predicted octanol–water partition coefficient (Wildman–Crippen LogP) is 1.29. The molecule has 1 aliphatic heterocycles. The summed E-state index contributed by atoms with van der Waals surface area (Å²) in [5.74, 6) is 1.27. The molecule has 120 valence electrons. The Labute approximate surface area is 129 Å². The van der Waals surface area contributed by atoms with Crippen LogP contribution in [0.15, 0.2) is 23.3 Å². The first kappa shape index (κ1) is 16.2. The molecule has 2 rings (SSSR count). The number of amidine groups is 1. The quantitative estimate of drug-likeness (QED) is 0.219. The van der Waals surface area contributed by atoms with E-state index >= 15 is 0 Å². The molecule has 0 saturated carbocycles. The normalized spacial score (nSPS) is 18.4. The predicted molar refractivity (Wildman–Crippen MR) is 86.1 cm³/mol. The minimum atomic E-state index is -0.471. The van der Waals surface area contributed by atoms with E-state index in [0.717, 1.165) is 19.4 Å². The van der Waals surface area contributed by atoms with Gasteiger partial charge in [0.2, 0.25) is 0 Å². The Bertz CT molecular complexity index is 511. The minimum Gasteiger partial charge on any atom is -0.387 e.